The Hall–Kier alpha value is -0.860. The smallest absolute Gasteiger partial charge is 0.0829 e. The highest BCUT2D eigenvalue weighted by Crippen LogP contribution is 2.12. The van der Waals surface area contributed by atoms with Crippen molar-refractivity contribution in [1.29, 1.82) is 0 Å². The summed E-state index contributed by atoms with van der Waals surface area (Å²) >= 11 is 0. The van der Waals surface area contributed by atoms with Gasteiger partial charge in [-0.15, -0.1) is 5.10 Å². The van der Waals surface area contributed by atoms with Crippen molar-refractivity contribution in [2.75, 3.05) is 0 Å². The third-order valence-corrected chi connectivity index (χ3v) is 3.25. The fourth-order valence-corrected chi connectivity index (χ4v) is 2.27. The van der Waals surface area contributed by atoms with E-state index >= 15 is 0 Å². The molecule has 1 aromatic heterocycles. The lowest BCUT2D eigenvalue weighted by Gasteiger charge is -2.10. The summed E-state index contributed by atoms with van der Waals surface area (Å²) in [7, 11) is 0. The zero-order valence-electron chi connectivity index (χ0n) is 12.5. The lowest BCUT2D eigenvalue weighted by Crippen LogP contribution is -2.08. The average Bonchev–Trinajstić information content (AvgIpc) is 2.71. The van der Waals surface area contributed by atoms with Crippen LogP contribution in [0.5, 0.6) is 0 Å². The van der Waals surface area contributed by atoms with E-state index in [1.165, 1.54) is 32.1 Å². The van der Waals surface area contributed by atoms with Crippen LogP contribution in [0.3, 0.4) is 0 Å². The summed E-state index contributed by atoms with van der Waals surface area (Å²) in [5.74, 6) is 1.36. The minimum Gasteiger partial charge on any atom is -0.252 e. The predicted octanol–water partition coefficient (Wildman–Crippen LogP) is 4.08. The van der Waals surface area contributed by atoms with Gasteiger partial charge in [-0.25, -0.2) is 0 Å². The van der Waals surface area contributed by atoms with Gasteiger partial charge in [-0.1, -0.05) is 58.6 Å². The van der Waals surface area contributed by atoms with E-state index in [-0.39, 0.29) is 0 Å². The number of hydrogen-bond acceptors (Lipinski definition) is 2. The lowest BCUT2D eigenvalue weighted by atomic mass is 10.0. The van der Waals surface area contributed by atoms with E-state index < -0.39 is 0 Å². The van der Waals surface area contributed by atoms with Gasteiger partial charge in [-0.05, 0) is 24.7 Å². The summed E-state index contributed by atoms with van der Waals surface area (Å²) in [5.41, 5.74) is 1.13. The fourth-order valence-electron chi connectivity index (χ4n) is 2.27. The second kappa shape index (κ2) is 8.28. The predicted molar refractivity (Wildman–Crippen MR) is 76.5 cm³/mol. The molecule has 0 aromatic carbocycles. The van der Waals surface area contributed by atoms with Gasteiger partial charge in [-0.2, -0.15) is 0 Å². The van der Waals surface area contributed by atoms with Crippen molar-refractivity contribution in [3.63, 3.8) is 0 Å². The molecule has 1 heterocycles. The van der Waals surface area contributed by atoms with Crippen LogP contribution in [0.1, 0.15) is 65.5 Å². The van der Waals surface area contributed by atoms with Gasteiger partial charge in [-0.3, -0.25) is 4.68 Å². The van der Waals surface area contributed by atoms with Crippen molar-refractivity contribution < 1.29 is 0 Å². The zero-order chi connectivity index (χ0) is 13.4. The Bertz CT molecular complexity index is 317. The monoisotopic (exact) mass is 251 g/mol. The minimum absolute atomic E-state index is 0.654. The first kappa shape index (κ1) is 15.2. The highest BCUT2D eigenvalue weighted by atomic mass is 15.4. The van der Waals surface area contributed by atoms with Crippen LogP contribution < -0.4 is 0 Å². The molecule has 0 saturated heterocycles. The van der Waals surface area contributed by atoms with Crippen LogP contribution in [0, 0.1) is 11.8 Å². The highest BCUT2D eigenvalue weighted by Gasteiger charge is 2.07. The van der Waals surface area contributed by atoms with Gasteiger partial charge in [0.2, 0.25) is 0 Å². The molecule has 3 heteroatoms. The molecule has 0 amide bonds. The SMILES string of the molecule is CCCCCCC(C)Cn1cc(CC(C)C)nn1. The van der Waals surface area contributed by atoms with Crippen LogP contribution >= 0.6 is 0 Å². The van der Waals surface area contributed by atoms with Crippen molar-refractivity contribution in [2.45, 2.75) is 72.8 Å². The van der Waals surface area contributed by atoms with Crippen LogP contribution in [0.15, 0.2) is 6.20 Å². The van der Waals surface area contributed by atoms with Gasteiger partial charge in [0, 0.05) is 12.7 Å². The van der Waals surface area contributed by atoms with E-state index in [0.717, 1.165) is 18.7 Å². The largest absolute Gasteiger partial charge is 0.252 e. The first-order valence-electron chi connectivity index (χ1n) is 7.50. The first-order chi connectivity index (χ1) is 8.61. The molecule has 0 aliphatic heterocycles. The third kappa shape index (κ3) is 6.18. The van der Waals surface area contributed by atoms with Crippen LogP contribution in [0.2, 0.25) is 0 Å². The van der Waals surface area contributed by atoms with Crippen molar-refractivity contribution in [1.82, 2.24) is 15.0 Å². The van der Waals surface area contributed by atoms with Crippen molar-refractivity contribution >= 4 is 0 Å². The number of aromatic nitrogens is 3. The Morgan fingerprint density at radius 3 is 2.61 bits per heavy atom. The molecule has 3 nitrogen and oxygen atoms in total. The number of rotatable bonds is 9. The van der Waals surface area contributed by atoms with Gasteiger partial charge in [0.1, 0.15) is 0 Å². The first-order valence-corrected chi connectivity index (χ1v) is 7.50. The average molecular weight is 251 g/mol. The molecule has 0 aliphatic carbocycles. The molecule has 18 heavy (non-hydrogen) atoms. The van der Waals surface area contributed by atoms with Crippen molar-refractivity contribution in [2.24, 2.45) is 11.8 Å². The van der Waals surface area contributed by atoms with E-state index in [4.69, 9.17) is 0 Å². The molecule has 0 bridgehead atoms. The number of hydrogen-bond donors (Lipinski definition) is 0. The Morgan fingerprint density at radius 2 is 1.94 bits per heavy atom. The quantitative estimate of drug-likeness (QED) is 0.619. The van der Waals surface area contributed by atoms with E-state index in [1.807, 2.05) is 4.68 Å². The van der Waals surface area contributed by atoms with Crippen LogP contribution in [0.4, 0.5) is 0 Å². The van der Waals surface area contributed by atoms with Crippen LogP contribution in [0.25, 0.3) is 0 Å². The molecule has 0 saturated carbocycles. The van der Waals surface area contributed by atoms with E-state index in [2.05, 4.69) is 44.2 Å². The molecule has 0 fully saturated rings. The molecule has 1 unspecified atom stereocenters. The molecule has 1 rings (SSSR count). The topological polar surface area (TPSA) is 30.7 Å². The maximum atomic E-state index is 4.23. The van der Waals surface area contributed by atoms with Gasteiger partial charge >= 0.3 is 0 Å². The standard InChI is InChI=1S/C15H29N3/c1-5-6-7-8-9-14(4)11-18-12-15(16-17-18)10-13(2)3/h12-14H,5-11H2,1-4H3. The zero-order valence-corrected chi connectivity index (χ0v) is 12.5. The van der Waals surface area contributed by atoms with Gasteiger partial charge in [0.25, 0.3) is 0 Å². The summed E-state index contributed by atoms with van der Waals surface area (Å²) in [5, 5.41) is 8.45. The Kier molecular flexibility index (Phi) is 6.99. The molecule has 0 aliphatic rings. The second-order valence-corrected chi connectivity index (χ2v) is 5.98. The van der Waals surface area contributed by atoms with E-state index in [0.29, 0.717) is 11.8 Å². The van der Waals surface area contributed by atoms with Crippen molar-refractivity contribution in [3.8, 4) is 0 Å². The summed E-state index contributed by atoms with van der Waals surface area (Å²) in [4.78, 5) is 0. The number of unbranched alkanes of at least 4 members (excludes halogenated alkanes) is 3. The van der Waals surface area contributed by atoms with E-state index in [1.54, 1.807) is 0 Å². The Balaban J connectivity index is 2.26. The highest BCUT2D eigenvalue weighted by molar-refractivity contribution is 4.93. The van der Waals surface area contributed by atoms with E-state index in [9.17, 15) is 0 Å². The van der Waals surface area contributed by atoms with Gasteiger partial charge < -0.3 is 0 Å². The molecule has 0 N–H and O–H groups in total. The fraction of sp³-hybridized carbons (Fsp3) is 0.867. The number of nitrogens with zero attached hydrogens (tertiary/aromatic N) is 3. The molecule has 1 aromatic rings. The molecular formula is C15H29N3. The summed E-state index contributed by atoms with van der Waals surface area (Å²) in [6.45, 7) is 10.0. The molecule has 0 spiro atoms. The molecule has 0 radical (unpaired) electrons. The third-order valence-electron chi connectivity index (χ3n) is 3.25. The molecular weight excluding hydrogens is 222 g/mol. The van der Waals surface area contributed by atoms with Crippen LogP contribution in [-0.4, -0.2) is 15.0 Å². The Labute approximate surface area is 112 Å². The molecule has 104 valence electrons. The summed E-state index contributed by atoms with van der Waals surface area (Å²) in [6.07, 6.45) is 9.86. The van der Waals surface area contributed by atoms with Gasteiger partial charge in [0.05, 0.1) is 5.69 Å². The van der Waals surface area contributed by atoms with Crippen LogP contribution in [-0.2, 0) is 13.0 Å². The summed E-state index contributed by atoms with van der Waals surface area (Å²) in [6, 6.07) is 0. The maximum absolute atomic E-state index is 4.23. The Morgan fingerprint density at radius 1 is 1.17 bits per heavy atom. The maximum Gasteiger partial charge on any atom is 0.0829 e. The minimum atomic E-state index is 0.654. The second-order valence-electron chi connectivity index (χ2n) is 5.98. The lowest BCUT2D eigenvalue weighted by molar-refractivity contribution is 0.400. The summed E-state index contributed by atoms with van der Waals surface area (Å²) < 4.78 is 2.02. The molecule has 1 atom stereocenters. The normalized spacial score (nSPS) is 13.2. The van der Waals surface area contributed by atoms with Gasteiger partial charge in [0.15, 0.2) is 0 Å². The van der Waals surface area contributed by atoms with Crippen molar-refractivity contribution in [3.05, 3.63) is 11.9 Å².